The van der Waals surface area contributed by atoms with Crippen LogP contribution in [-0.2, 0) is 65.4 Å². The summed E-state index contributed by atoms with van der Waals surface area (Å²) in [6.45, 7) is 0.523. The molecule has 11 nitrogen and oxygen atoms in total. The van der Waals surface area contributed by atoms with Gasteiger partial charge in [0.1, 0.15) is 87.9 Å². The van der Waals surface area contributed by atoms with E-state index in [1.54, 1.807) is 20.0 Å². The van der Waals surface area contributed by atoms with E-state index in [0.717, 1.165) is 40.7 Å². The molecule has 0 aromatic heterocycles. The van der Waals surface area contributed by atoms with Crippen LogP contribution in [-0.4, -0.2) is 119 Å². The van der Waals surface area contributed by atoms with E-state index in [2.05, 4.69) is 0 Å². The van der Waals surface area contributed by atoms with Gasteiger partial charge in [0.2, 0.25) is 0 Å². The summed E-state index contributed by atoms with van der Waals surface area (Å²) in [7, 11) is 11.0. The fourth-order valence-corrected chi connectivity index (χ4v) is 7.67. The third-order valence-corrected chi connectivity index (χ3v) is 11.9. The Balaban J connectivity index is 2.04. The van der Waals surface area contributed by atoms with Gasteiger partial charge in [-0.2, -0.15) is 17.2 Å². The lowest BCUT2D eigenvalue weighted by molar-refractivity contribution is -0.0550. The highest BCUT2D eigenvalue weighted by Gasteiger charge is 2.52. The van der Waals surface area contributed by atoms with Gasteiger partial charge in [-0.25, -0.2) is 19.2 Å². The van der Waals surface area contributed by atoms with Crippen molar-refractivity contribution < 1.29 is 59.9 Å². The normalized spacial score (nSPS) is 12.0. The summed E-state index contributed by atoms with van der Waals surface area (Å²) < 4.78 is 84.8. The minimum absolute atomic E-state index is 0.137. The molecule has 1 N–H and O–H groups in total. The highest BCUT2D eigenvalue weighted by atomic mass is 32.2. The maximum atomic E-state index is 14.8. The van der Waals surface area contributed by atoms with E-state index in [1.165, 1.54) is 0 Å². The van der Waals surface area contributed by atoms with Gasteiger partial charge in [0.05, 0.1) is 22.3 Å². The van der Waals surface area contributed by atoms with Crippen LogP contribution in [0.1, 0.15) is 92.9 Å². The Morgan fingerprint density at radius 2 is 0.935 bits per heavy atom. The zero-order valence-corrected chi connectivity index (χ0v) is 37.9. The van der Waals surface area contributed by atoms with E-state index in [0.29, 0.717) is 78.9 Å². The van der Waals surface area contributed by atoms with Crippen molar-refractivity contribution in [3.8, 4) is 17.2 Å². The van der Waals surface area contributed by atoms with E-state index >= 15 is 0 Å². The summed E-state index contributed by atoms with van der Waals surface area (Å²) in [6.07, 6.45) is 1.70. The Labute approximate surface area is 370 Å². The first-order valence-corrected chi connectivity index (χ1v) is 22.5. The summed E-state index contributed by atoms with van der Waals surface area (Å²) in [5.41, 5.74) is 4.43. The van der Waals surface area contributed by atoms with Crippen molar-refractivity contribution in [3.63, 3.8) is 0 Å². The van der Waals surface area contributed by atoms with Crippen LogP contribution in [0.15, 0.2) is 48.5 Å². The second kappa shape index (κ2) is 21.0. The van der Waals surface area contributed by atoms with Crippen molar-refractivity contribution in [1.82, 2.24) is 0 Å². The van der Waals surface area contributed by atoms with Crippen molar-refractivity contribution in [1.29, 1.82) is 0 Å². The van der Waals surface area contributed by atoms with E-state index in [-0.39, 0.29) is 17.2 Å². The number of halogens is 2. The van der Waals surface area contributed by atoms with Crippen molar-refractivity contribution in [2.24, 2.45) is 0 Å². The summed E-state index contributed by atoms with van der Waals surface area (Å²) in [4.78, 5) is 57.3. The van der Waals surface area contributed by atoms with Crippen LogP contribution < -0.4 is 19.7 Å². The molecule has 0 aliphatic carbocycles. The number of alkyl halides is 2. The molecule has 0 spiro atoms. The first-order valence-electron chi connectivity index (χ1n) is 21.0. The molecule has 0 saturated heterocycles. The molecule has 0 saturated carbocycles. The van der Waals surface area contributed by atoms with E-state index in [1.807, 2.05) is 87.0 Å². The zero-order valence-electron chi connectivity index (χ0n) is 37.0. The van der Waals surface area contributed by atoms with Crippen molar-refractivity contribution >= 4 is 110 Å². The Morgan fingerprint density at radius 1 is 0.548 bits per heavy atom. The molecule has 0 heterocycles. The van der Waals surface area contributed by atoms with E-state index < -0.39 is 67.6 Å². The maximum Gasteiger partial charge on any atom is 0.405 e. The van der Waals surface area contributed by atoms with Gasteiger partial charge in [-0.05, 0) is 58.4 Å². The minimum atomic E-state index is -6.09. The zero-order chi connectivity index (χ0) is 46.3. The molecule has 0 radical (unpaired) electrons. The summed E-state index contributed by atoms with van der Waals surface area (Å²) >= 11 is 0. The predicted molar refractivity (Wildman–Crippen MR) is 258 cm³/mol. The van der Waals surface area contributed by atoms with Gasteiger partial charge < -0.3 is 18.9 Å². The summed E-state index contributed by atoms with van der Waals surface area (Å²) in [5.74, 6) is -4.70. The van der Waals surface area contributed by atoms with Gasteiger partial charge in [0, 0.05) is 0 Å². The molecule has 4 aromatic carbocycles. The highest BCUT2D eigenvalue weighted by molar-refractivity contribution is 7.86. The van der Waals surface area contributed by atoms with Crippen LogP contribution in [0.5, 0.6) is 17.2 Å². The quantitative estimate of drug-likeness (QED) is 0.0463. The standard InChI is InChI=1S/C39H47B9F2O11S/c1-18(39(49,50)62(55,56)57)58-35(51)27-8-30(37(53)60-33-24(15-45)2-19(10-40)3-25(33)16-46)28(36(52)59-32-7-22(13-43)21(12-42)6-23(32)14-44)9-29(27)38(54)61-34-26(17-47)4-20(11-41)5-31(34)48/h2-9,18H,10-17,40-48H2,1H3,(H,55,56,57). The van der Waals surface area contributed by atoms with Crippen LogP contribution in [0.25, 0.3) is 0 Å². The smallest absolute Gasteiger partial charge is 0.405 e. The minimum Gasteiger partial charge on any atom is -0.451 e. The molecule has 0 fully saturated rings. The largest absolute Gasteiger partial charge is 0.451 e. The Morgan fingerprint density at radius 3 is 1.37 bits per heavy atom. The average molecular weight is 859 g/mol. The number of ether oxygens (including phenoxy) is 4. The summed E-state index contributed by atoms with van der Waals surface area (Å²) in [5, 5.41) is -4.98. The third kappa shape index (κ3) is 10.8. The second-order valence-electron chi connectivity index (χ2n) is 14.9. The fourth-order valence-electron chi connectivity index (χ4n) is 7.20. The van der Waals surface area contributed by atoms with Gasteiger partial charge in [-0.3, -0.25) is 4.55 Å². The molecule has 62 heavy (non-hydrogen) atoms. The predicted octanol–water partition coefficient (Wildman–Crippen LogP) is -3.31. The van der Waals surface area contributed by atoms with Crippen LogP contribution in [0.4, 0.5) is 8.78 Å². The number of hydrogen-bond donors (Lipinski definition) is 1. The number of hydrogen-bond acceptors (Lipinski definition) is 10. The molecule has 23 heteroatoms. The third-order valence-electron chi connectivity index (χ3n) is 10.9. The second-order valence-corrected chi connectivity index (χ2v) is 16.4. The highest BCUT2D eigenvalue weighted by Crippen LogP contribution is 2.33. The van der Waals surface area contributed by atoms with Crippen LogP contribution in [0.3, 0.4) is 0 Å². The van der Waals surface area contributed by atoms with Gasteiger partial charge in [0.25, 0.3) is 0 Å². The number of carbonyl (C=O) groups is 4. The molecule has 4 aromatic rings. The molecule has 0 aliphatic rings. The summed E-state index contributed by atoms with van der Waals surface area (Å²) in [6, 6.07) is 12.7. The van der Waals surface area contributed by atoms with Gasteiger partial charge in [-0.1, -0.05) is 97.6 Å². The van der Waals surface area contributed by atoms with Crippen LogP contribution >= 0.6 is 0 Å². The van der Waals surface area contributed by atoms with Gasteiger partial charge in [0.15, 0.2) is 6.10 Å². The first kappa shape index (κ1) is 49.8. The number of rotatable bonds is 18. The van der Waals surface area contributed by atoms with Crippen LogP contribution in [0, 0.1) is 0 Å². The van der Waals surface area contributed by atoms with Gasteiger partial charge in [-0.15, -0.1) is 0 Å². The fraction of sp³-hybridized carbons (Fsp3) is 0.282. The Bertz CT molecular complexity index is 2480. The number of carbonyl (C=O) groups excluding carboxylic acids is 4. The molecule has 316 valence electrons. The van der Waals surface area contributed by atoms with Gasteiger partial charge >= 0.3 is 39.2 Å². The first-order chi connectivity index (χ1) is 29.2. The lowest BCUT2D eigenvalue weighted by Crippen LogP contribution is -2.42. The lowest BCUT2D eigenvalue weighted by atomic mass is 9.83. The SMILES string of the molecule is BCc1cc(B)c(OC(=O)c2cc(C(=O)Oc3cc(CB)c(CB)cc3CB)c(C(=O)Oc3c(CB)cc(CB)cc3CB)cc2C(=O)OC(C)C(F)(F)S(=O)(=O)O)c(CB)c1. The molecule has 1 unspecified atom stereocenters. The molecule has 1 atom stereocenters. The van der Waals surface area contributed by atoms with Crippen molar-refractivity contribution in [3.05, 3.63) is 115 Å². The van der Waals surface area contributed by atoms with E-state index in [9.17, 15) is 40.9 Å². The van der Waals surface area contributed by atoms with Crippen molar-refractivity contribution in [2.45, 2.75) is 68.8 Å². The molecule has 0 bridgehead atoms. The van der Waals surface area contributed by atoms with Crippen LogP contribution in [0.2, 0.25) is 0 Å². The topological polar surface area (TPSA) is 160 Å². The van der Waals surface area contributed by atoms with E-state index in [4.69, 9.17) is 18.9 Å². The molecular weight excluding hydrogens is 812 g/mol. The lowest BCUT2D eigenvalue weighted by Gasteiger charge is -2.22. The average Bonchev–Trinajstić information content (AvgIpc) is 3.25. The molecule has 4 rings (SSSR count). The number of benzene rings is 4. The monoisotopic (exact) mass is 860 g/mol. The molecular formula is C39H47B9F2O11S. The molecule has 0 amide bonds. The van der Waals surface area contributed by atoms with Crippen molar-refractivity contribution in [2.75, 3.05) is 0 Å². The Hall–Kier alpha value is -4.89. The Kier molecular flexibility index (Phi) is 16.8. The molecule has 0 aliphatic heterocycles. The maximum absolute atomic E-state index is 14.8. The number of esters is 4.